The summed E-state index contributed by atoms with van der Waals surface area (Å²) >= 11 is 0. The van der Waals surface area contributed by atoms with Crippen molar-refractivity contribution in [3.05, 3.63) is 11.8 Å². The van der Waals surface area contributed by atoms with Crippen molar-refractivity contribution in [3.63, 3.8) is 0 Å². The maximum Gasteiger partial charge on any atom is 0.210 e. The second kappa shape index (κ2) is 5.09. The number of nitrogens with one attached hydrogen (secondary N) is 1. The van der Waals surface area contributed by atoms with Crippen LogP contribution in [0.3, 0.4) is 0 Å². The number of ether oxygens (including phenoxy) is 1. The van der Waals surface area contributed by atoms with Crippen molar-refractivity contribution in [2.45, 2.75) is 62.9 Å². The van der Waals surface area contributed by atoms with Gasteiger partial charge < -0.3 is 16.2 Å². The molecule has 24 heavy (non-hydrogen) atoms. The number of allylic oxidation sites excluding steroid dienone is 1. The molecule has 1 unspecified atom stereocenters. The molecule has 1 aliphatic heterocycles. The molecule has 0 radical (unpaired) electrons. The molecule has 0 aromatic rings. The largest absolute Gasteiger partial charge is 0.369 e. The standard InChI is InChI=1S/C17H26N4O3/c18-15(19)21-20-14-1-3-16(4-2-14)22-17(24-23-16)12-6-10-5-11(8-12)9-13(17)7-10/h1,10-13,20H,2-9H2,(H4,18,19,21). The number of rotatable bonds is 2. The van der Waals surface area contributed by atoms with Gasteiger partial charge in [0.25, 0.3) is 0 Å². The van der Waals surface area contributed by atoms with Gasteiger partial charge in [-0.15, -0.1) is 5.10 Å². The van der Waals surface area contributed by atoms with E-state index in [0.717, 1.165) is 30.4 Å². The molecular weight excluding hydrogens is 308 g/mol. The maximum absolute atomic E-state index is 6.63. The van der Waals surface area contributed by atoms with Gasteiger partial charge in [-0.1, -0.05) is 6.08 Å². The van der Waals surface area contributed by atoms with Crippen molar-refractivity contribution in [2.24, 2.45) is 40.2 Å². The molecule has 4 saturated carbocycles. The summed E-state index contributed by atoms with van der Waals surface area (Å²) in [5.41, 5.74) is 14.6. The van der Waals surface area contributed by atoms with Crippen molar-refractivity contribution in [1.29, 1.82) is 0 Å². The van der Waals surface area contributed by atoms with Gasteiger partial charge in [-0.25, -0.2) is 0 Å². The third-order valence-corrected chi connectivity index (χ3v) is 6.71. The molecule has 7 nitrogen and oxygen atoms in total. The summed E-state index contributed by atoms with van der Waals surface area (Å²) in [6.45, 7) is 0. The smallest absolute Gasteiger partial charge is 0.210 e. The van der Waals surface area contributed by atoms with E-state index in [2.05, 4.69) is 10.5 Å². The minimum Gasteiger partial charge on any atom is -0.369 e. The summed E-state index contributed by atoms with van der Waals surface area (Å²) in [5, 5.41) is 3.85. The first-order chi connectivity index (χ1) is 11.6. The van der Waals surface area contributed by atoms with Gasteiger partial charge in [0, 0.05) is 30.4 Å². The molecule has 1 saturated heterocycles. The Balaban J connectivity index is 1.32. The summed E-state index contributed by atoms with van der Waals surface area (Å²) in [5.74, 6) is 1.65. The molecule has 4 bridgehead atoms. The molecule has 5 N–H and O–H groups in total. The SMILES string of the molecule is NC(N)=NNC1=CCC2(CC1)OOC1(O2)C2CC3CC(C2)CC1C3. The van der Waals surface area contributed by atoms with Crippen LogP contribution in [-0.4, -0.2) is 17.5 Å². The van der Waals surface area contributed by atoms with E-state index in [1.807, 2.05) is 6.08 Å². The Kier molecular flexibility index (Phi) is 3.18. The number of hydrogen-bond donors (Lipinski definition) is 3. The summed E-state index contributed by atoms with van der Waals surface area (Å²) < 4.78 is 6.63. The number of nitrogens with two attached hydrogens (primary N) is 2. The van der Waals surface area contributed by atoms with Gasteiger partial charge in [-0.05, 0) is 50.4 Å². The van der Waals surface area contributed by atoms with Gasteiger partial charge >= 0.3 is 0 Å². The van der Waals surface area contributed by atoms with Crippen LogP contribution >= 0.6 is 0 Å². The zero-order valence-corrected chi connectivity index (χ0v) is 13.9. The molecule has 6 aliphatic rings. The minimum absolute atomic E-state index is 0.0282. The lowest BCUT2D eigenvalue weighted by molar-refractivity contribution is -0.389. The maximum atomic E-state index is 6.63. The third kappa shape index (κ3) is 2.18. The third-order valence-electron chi connectivity index (χ3n) is 6.71. The van der Waals surface area contributed by atoms with Crippen molar-refractivity contribution >= 4 is 5.96 Å². The predicted octanol–water partition coefficient (Wildman–Crippen LogP) is 1.66. The average Bonchev–Trinajstić information content (AvgIpc) is 2.92. The Bertz CT molecular complexity index is 573. The van der Waals surface area contributed by atoms with E-state index in [-0.39, 0.29) is 5.96 Å². The molecular formula is C17H26N4O3. The fourth-order valence-electron chi connectivity index (χ4n) is 5.82. The minimum atomic E-state index is -0.640. The number of hydrogen-bond acceptors (Lipinski definition) is 5. The Labute approximate surface area is 141 Å². The van der Waals surface area contributed by atoms with Gasteiger partial charge in [0.05, 0.1) is 0 Å². The number of guanidine groups is 1. The van der Waals surface area contributed by atoms with Gasteiger partial charge in [-0.3, -0.25) is 5.43 Å². The van der Waals surface area contributed by atoms with Gasteiger partial charge in [0.2, 0.25) is 17.5 Å². The predicted molar refractivity (Wildman–Crippen MR) is 86.6 cm³/mol. The normalized spacial score (nSPS) is 48.8. The van der Waals surface area contributed by atoms with Crippen LogP contribution < -0.4 is 16.9 Å². The molecule has 132 valence electrons. The first-order valence-corrected chi connectivity index (χ1v) is 9.18. The topological polar surface area (TPSA) is 104 Å². The first kappa shape index (κ1) is 15.0. The van der Waals surface area contributed by atoms with Gasteiger partial charge in [0.1, 0.15) is 0 Å². The molecule has 6 rings (SSSR count). The Morgan fingerprint density at radius 1 is 1.08 bits per heavy atom. The Hall–Kier alpha value is -1.31. The quantitative estimate of drug-likeness (QED) is 0.307. The highest BCUT2D eigenvalue weighted by Gasteiger charge is 2.66. The molecule has 0 aromatic carbocycles. The molecule has 5 fully saturated rings. The van der Waals surface area contributed by atoms with Crippen LogP contribution in [0.25, 0.3) is 0 Å². The van der Waals surface area contributed by atoms with Crippen LogP contribution in [-0.2, 0) is 14.5 Å². The Morgan fingerprint density at radius 2 is 1.79 bits per heavy atom. The molecule has 1 atom stereocenters. The van der Waals surface area contributed by atoms with E-state index in [0.29, 0.717) is 18.3 Å². The molecule has 1 heterocycles. The number of nitrogens with zero attached hydrogens (tertiary/aromatic N) is 1. The van der Waals surface area contributed by atoms with Gasteiger partial charge in [-0.2, -0.15) is 9.78 Å². The highest BCUT2D eigenvalue weighted by Crippen LogP contribution is 2.63. The van der Waals surface area contributed by atoms with Crippen LogP contribution in [0.4, 0.5) is 0 Å². The second-order valence-corrected chi connectivity index (χ2v) is 8.29. The van der Waals surface area contributed by atoms with E-state index in [1.54, 1.807) is 0 Å². The Morgan fingerprint density at radius 3 is 2.38 bits per heavy atom. The lowest BCUT2D eigenvalue weighted by atomic mass is 9.53. The van der Waals surface area contributed by atoms with Crippen LogP contribution in [0.2, 0.25) is 0 Å². The van der Waals surface area contributed by atoms with E-state index in [9.17, 15) is 0 Å². The molecule has 0 amide bonds. The second-order valence-electron chi connectivity index (χ2n) is 8.29. The fraction of sp³-hybridized carbons (Fsp3) is 0.824. The lowest BCUT2D eigenvalue weighted by Crippen LogP contribution is -2.59. The van der Waals surface area contributed by atoms with Crippen molar-refractivity contribution in [1.82, 2.24) is 5.43 Å². The first-order valence-electron chi connectivity index (χ1n) is 9.18. The highest BCUT2D eigenvalue weighted by molar-refractivity contribution is 5.75. The highest BCUT2D eigenvalue weighted by atomic mass is 17.3. The number of hydrazone groups is 1. The van der Waals surface area contributed by atoms with Crippen LogP contribution in [0, 0.1) is 23.7 Å². The molecule has 7 heteroatoms. The monoisotopic (exact) mass is 334 g/mol. The van der Waals surface area contributed by atoms with E-state index in [4.69, 9.17) is 26.0 Å². The fourth-order valence-corrected chi connectivity index (χ4v) is 5.82. The van der Waals surface area contributed by atoms with Gasteiger partial charge in [0.15, 0.2) is 0 Å². The zero-order chi connectivity index (χ0) is 16.4. The van der Waals surface area contributed by atoms with E-state index in [1.165, 1.54) is 32.1 Å². The average molecular weight is 334 g/mol. The summed E-state index contributed by atoms with van der Waals surface area (Å²) in [6.07, 6.45) is 10.6. The van der Waals surface area contributed by atoms with Crippen molar-refractivity contribution in [2.75, 3.05) is 0 Å². The van der Waals surface area contributed by atoms with E-state index >= 15 is 0 Å². The molecule has 5 aliphatic carbocycles. The van der Waals surface area contributed by atoms with Crippen LogP contribution in [0.15, 0.2) is 16.9 Å². The van der Waals surface area contributed by atoms with Crippen LogP contribution in [0.5, 0.6) is 0 Å². The van der Waals surface area contributed by atoms with E-state index < -0.39 is 11.6 Å². The summed E-state index contributed by atoms with van der Waals surface area (Å²) in [6, 6.07) is 0. The summed E-state index contributed by atoms with van der Waals surface area (Å²) in [7, 11) is 0. The lowest BCUT2D eigenvalue weighted by Gasteiger charge is -2.57. The molecule has 0 aromatic heterocycles. The van der Waals surface area contributed by atoms with Crippen molar-refractivity contribution in [3.8, 4) is 0 Å². The summed E-state index contributed by atoms with van der Waals surface area (Å²) in [4.78, 5) is 11.9. The van der Waals surface area contributed by atoms with Crippen LogP contribution in [0.1, 0.15) is 51.4 Å². The zero-order valence-electron chi connectivity index (χ0n) is 13.9. The molecule has 2 spiro atoms. The van der Waals surface area contributed by atoms with Crippen molar-refractivity contribution < 1.29 is 14.5 Å².